The van der Waals surface area contributed by atoms with Gasteiger partial charge in [-0.25, -0.2) is 4.79 Å². The molecule has 0 radical (unpaired) electrons. The summed E-state index contributed by atoms with van der Waals surface area (Å²) in [4.78, 5) is 21.5. The number of nitrogens with one attached hydrogen (secondary N) is 1. The van der Waals surface area contributed by atoms with E-state index in [4.69, 9.17) is 5.11 Å². The zero-order valence-electron chi connectivity index (χ0n) is 10.2. The van der Waals surface area contributed by atoms with E-state index in [9.17, 15) is 14.9 Å². The van der Waals surface area contributed by atoms with Crippen LogP contribution in [-0.4, -0.2) is 33.5 Å². The van der Waals surface area contributed by atoms with E-state index in [1.54, 1.807) is 6.07 Å². The van der Waals surface area contributed by atoms with Crippen LogP contribution in [-0.2, 0) is 0 Å². The van der Waals surface area contributed by atoms with Gasteiger partial charge in [-0.05, 0) is 36.5 Å². The van der Waals surface area contributed by atoms with Crippen LogP contribution in [0.2, 0.25) is 0 Å². The molecule has 6 nitrogen and oxygen atoms in total. The first-order chi connectivity index (χ1) is 9.09. The summed E-state index contributed by atoms with van der Waals surface area (Å²) in [6.07, 6.45) is 1.86. The maximum Gasteiger partial charge on any atom is 0.342 e. The highest BCUT2D eigenvalue weighted by atomic mass is 32.2. The third-order valence-corrected chi connectivity index (χ3v) is 4.08. The molecule has 0 atom stereocenters. The molecule has 2 rings (SSSR count). The van der Waals surface area contributed by atoms with Crippen LogP contribution in [0.5, 0.6) is 0 Å². The lowest BCUT2D eigenvalue weighted by molar-refractivity contribution is -0.384. The van der Waals surface area contributed by atoms with Gasteiger partial charge in [-0.15, -0.1) is 0 Å². The lowest BCUT2D eigenvalue weighted by Gasteiger charge is -2.23. The number of nitrogens with zero attached hydrogens (tertiary/aromatic N) is 1. The number of nitro benzene ring substituents is 1. The number of benzene rings is 1. The molecule has 2 N–H and O–H groups in total. The molecule has 1 aromatic carbocycles. The molecule has 0 amide bonds. The Kier molecular flexibility index (Phi) is 4.26. The van der Waals surface area contributed by atoms with Gasteiger partial charge in [-0.2, -0.15) is 11.8 Å². The quantitative estimate of drug-likeness (QED) is 0.651. The highest BCUT2D eigenvalue weighted by Crippen LogP contribution is 2.31. The molecule has 0 bridgehead atoms. The SMILES string of the molecule is O=C(O)c1cccc(NC2CCSCC2)c1[N+](=O)[O-]. The first-order valence-electron chi connectivity index (χ1n) is 5.94. The highest BCUT2D eigenvalue weighted by molar-refractivity contribution is 7.99. The smallest absolute Gasteiger partial charge is 0.342 e. The van der Waals surface area contributed by atoms with Crippen LogP contribution < -0.4 is 5.32 Å². The van der Waals surface area contributed by atoms with E-state index in [0.717, 1.165) is 24.3 Å². The second kappa shape index (κ2) is 5.92. The van der Waals surface area contributed by atoms with E-state index in [-0.39, 0.29) is 17.3 Å². The third kappa shape index (κ3) is 3.17. The fourth-order valence-corrected chi connectivity index (χ4v) is 3.20. The molecule has 1 aromatic rings. The number of anilines is 1. The highest BCUT2D eigenvalue weighted by Gasteiger charge is 2.25. The van der Waals surface area contributed by atoms with Crippen molar-refractivity contribution in [2.45, 2.75) is 18.9 Å². The van der Waals surface area contributed by atoms with Crippen LogP contribution in [0, 0.1) is 10.1 Å². The van der Waals surface area contributed by atoms with Crippen molar-refractivity contribution < 1.29 is 14.8 Å². The summed E-state index contributed by atoms with van der Waals surface area (Å²) in [5, 5.41) is 23.2. The van der Waals surface area contributed by atoms with Gasteiger partial charge in [-0.3, -0.25) is 10.1 Å². The molecule has 7 heteroatoms. The van der Waals surface area contributed by atoms with E-state index in [2.05, 4.69) is 5.32 Å². The Morgan fingerprint density at radius 2 is 2.11 bits per heavy atom. The number of para-hydroxylation sites is 1. The Balaban J connectivity index is 2.30. The van der Waals surface area contributed by atoms with Crippen LogP contribution in [0.25, 0.3) is 0 Å². The summed E-state index contributed by atoms with van der Waals surface area (Å²) in [7, 11) is 0. The molecule has 1 aliphatic rings. The molecule has 19 heavy (non-hydrogen) atoms. The molecule has 1 heterocycles. The van der Waals surface area contributed by atoms with Gasteiger partial charge in [0.1, 0.15) is 11.3 Å². The topological polar surface area (TPSA) is 92.5 Å². The Hall–Kier alpha value is -1.76. The Bertz CT molecular complexity index is 501. The van der Waals surface area contributed by atoms with Gasteiger partial charge < -0.3 is 10.4 Å². The first-order valence-corrected chi connectivity index (χ1v) is 7.10. The summed E-state index contributed by atoms with van der Waals surface area (Å²) in [6, 6.07) is 4.51. The van der Waals surface area contributed by atoms with E-state index >= 15 is 0 Å². The van der Waals surface area contributed by atoms with Crippen molar-refractivity contribution in [3.8, 4) is 0 Å². The number of aromatic carboxylic acids is 1. The van der Waals surface area contributed by atoms with Crippen molar-refractivity contribution in [2.75, 3.05) is 16.8 Å². The molecule has 102 valence electrons. The van der Waals surface area contributed by atoms with Gasteiger partial charge >= 0.3 is 11.7 Å². The van der Waals surface area contributed by atoms with Gasteiger partial charge in [0.25, 0.3) is 0 Å². The fourth-order valence-electron chi connectivity index (χ4n) is 2.09. The van der Waals surface area contributed by atoms with Gasteiger partial charge in [-0.1, -0.05) is 6.07 Å². The monoisotopic (exact) mass is 282 g/mol. The average molecular weight is 282 g/mol. The van der Waals surface area contributed by atoms with Crippen LogP contribution in [0.15, 0.2) is 18.2 Å². The average Bonchev–Trinajstić information content (AvgIpc) is 2.39. The predicted molar refractivity (Wildman–Crippen MR) is 74.0 cm³/mol. The molecule has 0 aromatic heterocycles. The molecule has 1 saturated heterocycles. The van der Waals surface area contributed by atoms with Gasteiger partial charge in [0.2, 0.25) is 0 Å². The van der Waals surface area contributed by atoms with E-state index < -0.39 is 10.9 Å². The number of carboxylic acids is 1. The summed E-state index contributed by atoms with van der Waals surface area (Å²) >= 11 is 1.86. The van der Waals surface area contributed by atoms with Crippen molar-refractivity contribution in [1.29, 1.82) is 0 Å². The van der Waals surface area contributed by atoms with Crippen LogP contribution >= 0.6 is 11.8 Å². The molecule has 1 fully saturated rings. The van der Waals surface area contributed by atoms with Crippen LogP contribution in [0.1, 0.15) is 23.2 Å². The summed E-state index contributed by atoms with van der Waals surface area (Å²) in [5.41, 5.74) is -0.338. The number of nitro groups is 1. The predicted octanol–water partition coefficient (Wildman–Crippen LogP) is 2.60. The molecule has 0 aliphatic carbocycles. The Morgan fingerprint density at radius 1 is 1.42 bits per heavy atom. The number of carboxylic acid groups (broad SMARTS) is 1. The fraction of sp³-hybridized carbons (Fsp3) is 0.417. The molecule has 1 aliphatic heterocycles. The maximum absolute atomic E-state index is 11.1. The van der Waals surface area contributed by atoms with E-state index in [1.165, 1.54) is 12.1 Å². The van der Waals surface area contributed by atoms with Crippen LogP contribution in [0.4, 0.5) is 11.4 Å². The summed E-state index contributed by atoms with van der Waals surface area (Å²) < 4.78 is 0. The zero-order valence-corrected chi connectivity index (χ0v) is 11.0. The molecule has 0 unspecified atom stereocenters. The summed E-state index contributed by atoms with van der Waals surface area (Å²) in [5.74, 6) is 0.753. The normalized spacial score (nSPS) is 16.0. The largest absolute Gasteiger partial charge is 0.477 e. The molecule has 0 spiro atoms. The molecule has 0 saturated carbocycles. The minimum atomic E-state index is -1.28. The number of hydrogen-bond donors (Lipinski definition) is 2. The third-order valence-electron chi connectivity index (χ3n) is 3.03. The van der Waals surface area contributed by atoms with Crippen molar-refractivity contribution in [3.05, 3.63) is 33.9 Å². The van der Waals surface area contributed by atoms with Crippen molar-refractivity contribution in [2.24, 2.45) is 0 Å². The van der Waals surface area contributed by atoms with Crippen molar-refractivity contribution >= 4 is 29.1 Å². The number of thioether (sulfide) groups is 1. The Morgan fingerprint density at radius 3 is 2.68 bits per heavy atom. The van der Waals surface area contributed by atoms with Gasteiger partial charge in [0.05, 0.1) is 4.92 Å². The lowest BCUT2D eigenvalue weighted by Crippen LogP contribution is -2.25. The maximum atomic E-state index is 11.1. The van der Waals surface area contributed by atoms with Crippen molar-refractivity contribution in [3.63, 3.8) is 0 Å². The molecular weight excluding hydrogens is 268 g/mol. The van der Waals surface area contributed by atoms with Crippen LogP contribution in [0.3, 0.4) is 0 Å². The summed E-state index contributed by atoms with van der Waals surface area (Å²) in [6.45, 7) is 0. The number of carbonyl (C=O) groups is 1. The minimum absolute atomic E-state index is 0.170. The first kappa shape index (κ1) is 13.7. The van der Waals surface area contributed by atoms with Crippen molar-refractivity contribution in [1.82, 2.24) is 0 Å². The lowest BCUT2D eigenvalue weighted by atomic mass is 10.1. The van der Waals surface area contributed by atoms with E-state index in [1.807, 2.05) is 11.8 Å². The second-order valence-electron chi connectivity index (χ2n) is 4.29. The number of hydrogen-bond acceptors (Lipinski definition) is 5. The molecular formula is C12H14N2O4S. The minimum Gasteiger partial charge on any atom is -0.477 e. The van der Waals surface area contributed by atoms with Gasteiger partial charge in [0.15, 0.2) is 0 Å². The Labute approximate surface area is 114 Å². The standard InChI is InChI=1S/C12H14N2O4S/c15-12(16)9-2-1-3-10(11(9)14(17)18)13-8-4-6-19-7-5-8/h1-3,8,13H,4-7H2,(H,15,16). The zero-order chi connectivity index (χ0) is 13.8. The second-order valence-corrected chi connectivity index (χ2v) is 5.52. The van der Waals surface area contributed by atoms with E-state index in [0.29, 0.717) is 5.69 Å². The number of rotatable bonds is 4. The van der Waals surface area contributed by atoms with Gasteiger partial charge in [0, 0.05) is 6.04 Å².